The van der Waals surface area contributed by atoms with Crippen molar-refractivity contribution in [3.63, 3.8) is 0 Å². The molecule has 3 amide bonds. The number of ether oxygens (including phenoxy) is 3. The van der Waals surface area contributed by atoms with Gasteiger partial charge in [0.15, 0.2) is 6.10 Å². The summed E-state index contributed by atoms with van der Waals surface area (Å²) >= 11 is 0. The Morgan fingerprint density at radius 2 is 1.91 bits per heavy atom. The van der Waals surface area contributed by atoms with Crippen LogP contribution in [0.4, 0.5) is 9.59 Å². The summed E-state index contributed by atoms with van der Waals surface area (Å²) in [6.07, 6.45) is -0.393. The van der Waals surface area contributed by atoms with E-state index in [9.17, 15) is 19.6 Å². The van der Waals surface area contributed by atoms with Crippen LogP contribution in [0.3, 0.4) is 0 Å². The van der Waals surface area contributed by atoms with Crippen molar-refractivity contribution in [2.45, 2.75) is 57.7 Å². The van der Waals surface area contributed by atoms with Gasteiger partial charge >= 0.3 is 12.2 Å². The van der Waals surface area contributed by atoms with Crippen molar-refractivity contribution in [3.05, 3.63) is 35.9 Å². The number of nitrogens with zero attached hydrogens (tertiary/aromatic N) is 2. The van der Waals surface area contributed by atoms with Crippen LogP contribution < -0.4 is 10.6 Å². The summed E-state index contributed by atoms with van der Waals surface area (Å²) in [7, 11) is 1.51. The van der Waals surface area contributed by atoms with Crippen molar-refractivity contribution < 1.29 is 28.6 Å². The zero-order valence-corrected chi connectivity index (χ0v) is 20.7. The molecule has 2 N–H and O–H groups in total. The minimum Gasteiger partial charge on any atom is -0.447 e. The highest BCUT2D eigenvalue weighted by Crippen LogP contribution is 2.22. The molecule has 0 saturated carbocycles. The number of amides is 3. The molecule has 0 spiro atoms. The third kappa shape index (κ3) is 9.45. The van der Waals surface area contributed by atoms with E-state index < -0.39 is 29.7 Å². The Hall–Kier alpha value is -3.32. The van der Waals surface area contributed by atoms with Gasteiger partial charge in [-0.3, -0.25) is 4.79 Å². The van der Waals surface area contributed by atoms with Gasteiger partial charge in [0.2, 0.25) is 0 Å². The molecule has 2 atom stereocenters. The van der Waals surface area contributed by atoms with Crippen molar-refractivity contribution >= 4 is 18.1 Å². The lowest BCUT2D eigenvalue weighted by molar-refractivity contribution is -0.132. The first-order chi connectivity index (χ1) is 16.8. The van der Waals surface area contributed by atoms with Crippen molar-refractivity contribution in [1.29, 1.82) is 5.26 Å². The van der Waals surface area contributed by atoms with E-state index in [-0.39, 0.29) is 38.6 Å². The quantitative estimate of drug-likeness (QED) is 0.484. The van der Waals surface area contributed by atoms with Gasteiger partial charge < -0.3 is 29.7 Å². The summed E-state index contributed by atoms with van der Waals surface area (Å²) in [6, 6.07) is 11.5. The second-order valence-electron chi connectivity index (χ2n) is 9.03. The first-order valence-corrected chi connectivity index (χ1v) is 11.9. The molecule has 0 aliphatic carbocycles. The van der Waals surface area contributed by atoms with E-state index in [1.165, 1.54) is 12.0 Å². The number of nitrogens with one attached hydrogen (secondary N) is 2. The molecule has 35 heavy (non-hydrogen) atoms. The van der Waals surface area contributed by atoms with Crippen LogP contribution in [0.1, 0.15) is 45.1 Å². The smallest absolute Gasteiger partial charge is 0.409 e. The monoisotopic (exact) mass is 488 g/mol. The van der Waals surface area contributed by atoms with E-state index in [1.54, 1.807) is 0 Å². The van der Waals surface area contributed by atoms with E-state index in [0.717, 1.165) is 5.56 Å². The van der Waals surface area contributed by atoms with E-state index in [0.29, 0.717) is 25.8 Å². The lowest BCUT2D eigenvalue weighted by atomic mass is 9.94. The zero-order chi connectivity index (χ0) is 25.7. The molecule has 0 aromatic heterocycles. The number of likely N-dealkylation sites (tertiary alicyclic amines) is 1. The van der Waals surface area contributed by atoms with Gasteiger partial charge in [-0.05, 0) is 37.2 Å². The van der Waals surface area contributed by atoms with E-state index in [2.05, 4.69) is 16.7 Å². The Labute approximate surface area is 206 Å². The number of carbonyl (C=O) groups is 3. The van der Waals surface area contributed by atoms with Crippen LogP contribution in [-0.2, 0) is 25.5 Å². The number of methoxy groups -OCH3 is 1. The fraction of sp³-hybridized carbons (Fsp3) is 0.600. The highest BCUT2D eigenvalue weighted by Gasteiger charge is 2.40. The molecule has 1 aromatic carbocycles. The molecular formula is C25H36N4O6. The maximum atomic E-state index is 13.2. The van der Waals surface area contributed by atoms with Gasteiger partial charge in [-0.15, -0.1) is 0 Å². The molecule has 1 aliphatic heterocycles. The third-order valence-electron chi connectivity index (χ3n) is 5.60. The van der Waals surface area contributed by atoms with E-state index >= 15 is 0 Å². The summed E-state index contributed by atoms with van der Waals surface area (Å²) in [5, 5.41) is 15.4. The lowest BCUT2D eigenvalue weighted by Gasteiger charge is -2.32. The van der Waals surface area contributed by atoms with Gasteiger partial charge in [0.05, 0.1) is 19.2 Å². The molecule has 1 aromatic rings. The minimum atomic E-state index is -1.31. The van der Waals surface area contributed by atoms with Crippen LogP contribution in [0.5, 0.6) is 0 Å². The number of benzene rings is 1. The molecule has 10 nitrogen and oxygen atoms in total. The van der Waals surface area contributed by atoms with Gasteiger partial charge in [0.1, 0.15) is 12.1 Å². The standard InChI is InChI=1S/C25H36N4O6/c1-19(2)15-21(35-23(31)27-16-20-9-5-4-6-10-20)22(30)28-25(17-26)11-7-8-12-29(18-25)24(32)34-14-13-33-3/h4-6,9-10,19,21H,7-8,11-16,18H2,1-3H3,(H,27,31)(H,28,30)/t21-,25?/m0/s1. The zero-order valence-electron chi connectivity index (χ0n) is 20.7. The first-order valence-electron chi connectivity index (χ1n) is 11.9. The van der Waals surface area contributed by atoms with Gasteiger partial charge in [-0.2, -0.15) is 5.26 Å². The average molecular weight is 489 g/mol. The van der Waals surface area contributed by atoms with Gasteiger partial charge in [0, 0.05) is 20.2 Å². The largest absolute Gasteiger partial charge is 0.447 e. The Morgan fingerprint density at radius 3 is 2.57 bits per heavy atom. The third-order valence-corrected chi connectivity index (χ3v) is 5.60. The Morgan fingerprint density at radius 1 is 1.17 bits per heavy atom. The Bertz CT molecular complexity index is 872. The first kappa shape index (κ1) is 27.9. The predicted molar refractivity (Wildman–Crippen MR) is 128 cm³/mol. The number of rotatable bonds is 10. The van der Waals surface area contributed by atoms with Crippen LogP contribution >= 0.6 is 0 Å². The van der Waals surface area contributed by atoms with Gasteiger partial charge in [-0.25, -0.2) is 9.59 Å². The number of nitriles is 1. The van der Waals surface area contributed by atoms with Gasteiger partial charge in [-0.1, -0.05) is 44.2 Å². The summed E-state index contributed by atoms with van der Waals surface area (Å²) in [6.45, 7) is 4.84. The van der Waals surface area contributed by atoms with Crippen LogP contribution in [0.15, 0.2) is 30.3 Å². The van der Waals surface area contributed by atoms with E-state index in [1.807, 2.05) is 44.2 Å². The molecule has 1 unspecified atom stereocenters. The fourth-order valence-corrected chi connectivity index (χ4v) is 3.79. The lowest BCUT2D eigenvalue weighted by Crippen LogP contribution is -2.57. The molecule has 10 heteroatoms. The summed E-state index contributed by atoms with van der Waals surface area (Å²) in [5.41, 5.74) is -0.416. The normalized spacial score (nSPS) is 18.7. The molecule has 0 radical (unpaired) electrons. The Balaban J connectivity index is 2.05. The Kier molecular flexibility index (Phi) is 11.3. The SMILES string of the molecule is COCCOC(=O)N1CCCCC(C#N)(NC(=O)[C@H](CC(C)C)OC(=O)NCc2ccccc2)C1. The van der Waals surface area contributed by atoms with Crippen LogP contribution in [-0.4, -0.2) is 68.0 Å². The summed E-state index contributed by atoms with van der Waals surface area (Å²) in [4.78, 5) is 39.5. The summed E-state index contributed by atoms with van der Waals surface area (Å²) < 4.78 is 15.6. The maximum absolute atomic E-state index is 13.2. The number of carbonyl (C=O) groups excluding carboxylic acids is 3. The molecule has 2 rings (SSSR count). The number of hydrogen-bond donors (Lipinski definition) is 2. The van der Waals surface area contributed by atoms with Crippen LogP contribution in [0, 0.1) is 17.2 Å². The van der Waals surface area contributed by atoms with E-state index in [4.69, 9.17) is 14.2 Å². The highest BCUT2D eigenvalue weighted by atomic mass is 16.6. The number of alkyl carbamates (subject to hydrolysis) is 1. The molecular weight excluding hydrogens is 452 g/mol. The fourth-order valence-electron chi connectivity index (χ4n) is 3.79. The summed E-state index contributed by atoms with van der Waals surface area (Å²) in [5.74, 6) is -0.503. The molecule has 0 bridgehead atoms. The number of hydrogen-bond acceptors (Lipinski definition) is 7. The van der Waals surface area contributed by atoms with Crippen LogP contribution in [0.2, 0.25) is 0 Å². The molecule has 1 heterocycles. The molecule has 192 valence electrons. The van der Waals surface area contributed by atoms with Crippen molar-refractivity contribution in [2.24, 2.45) is 5.92 Å². The predicted octanol–water partition coefficient (Wildman–Crippen LogP) is 2.97. The second-order valence-corrected chi connectivity index (χ2v) is 9.03. The average Bonchev–Trinajstić information content (AvgIpc) is 3.06. The van der Waals surface area contributed by atoms with Crippen molar-refractivity contribution in [3.8, 4) is 6.07 Å². The molecule has 1 aliphatic rings. The van der Waals surface area contributed by atoms with Gasteiger partial charge in [0.25, 0.3) is 5.91 Å². The highest BCUT2D eigenvalue weighted by molar-refractivity contribution is 5.84. The van der Waals surface area contributed by atoms with Crippen LogP contribution in [0.25, 0.3) is 0 Å². The second kappa shape index (κ2) is 14.2. The topological polar surface area (TPSA) is 130 Å². The van der Waals surface area contributed by atoms with Crippen molar-refractivity contribution in [2.75, 3.05) is 33.4 Å². The van der Waals surface area contributed by atoms with Crippen molar-refractivity contribution in [1.82, 2.24) is 15.5 Å². The molecule has 1 saturated heterocycles. The molecule has 1 fully saturated rings. The maximum Gasteiger partial charge on any atom is 0.409 e. The minimum absolute atomic E-state index is 0.0182.